The van der Waals surface area contributed by atoms with Crippen molar-refractivity contribution in [1.29, 1.82) is 0 Å². The Kier molecular flexibility index (Phi) is 8.00. The maximum absolute atomic E-state index is 2.45. The van der Waals surface area contributed by atoms with Crippen molar-refractivity contribution in [2.75, 3.05) is 9.80 Å². The van der Waals surface area contributed by atoms with E-state index in [0.717, 1.165) is 56.6 Å². The average Bonchev–Trinajstić information content (AvgIpc) is 3.97. The molecule has 4 nitrogen and oxygen atoms in total. The summed E-state index contributed by atoms with van der Waals surface area (Å²) in [6.45, 7) is 4.75. The van der Waals surface area contributed by atoms with Crippen LogP contribution in [0, 0.1) is 0 Å². The molecule has 0 radical (unpaired) electrons. The molecule has 10 aromatic carbocycles. The number of hydrogen-bond acceptors (Lipinski definition) is 2. The first-order valence-electron chi connectivity index (χ1n) is 23.3. The quantitative estimate of drug-likeness (QED) is 0.175. The van der Waals surface area contributed by atoms with Crippen molar-refractivity contribution in [2.45, 2.75) is 19.3 Å². The van der Waals surface area contributed by atoms with Gasteiger partial charge in [-0.1, -0.05) is 123 Å². The predicted molar refractivity (Wildman–Crippen MR) is 281 cm³/mol. The molecule has 4 heteroatoms. The fourth-order valence-corrected chi connectivity index (χ4v) is 11.5. The monoisotopic (exact) mass is 856 g/mol. The Hall–Kier alpha value is -8.60. The molecule has 0 unspecified atom stereocenters. The van der Waals surface area contributed by atoms with Crippen LogP contribution in [-0.2, 0) is 5.41 Å². The van der Waals surface area contributed by atoms with Gasteiger partial charge >= 0.3 is 0 Å². The van der Waals surface area contributed by atoms with E-state index in [0.29, 0.717) is 0 Å². The molecule has 1 aliphatic heterocycles. The van der Waals surface area contributed by atoms with Gasteiger partial charge in [-0.05, 0) is 155 Å². The summed E-state index contributed by atoms with van der Waals surface area (Å²) in [5.41, 5.74) is 21.1. The third kappa shape index (κ3) is 5.60. The van der Waals surface area contributed by atoms with Crippen LogP contribution in [0.25, 0.3) is 77.2 Å². The van der Waals surface area contributed by atoms with Gasteiger partial charge in [0.1, 0.15) is 0 Å². The lowest BCUT2D eigenvalue weighted by molar-refractivity contribution is 0.660. The van der Waals surface area contributed by atoms with Crippen LogP contribution in [0.15, 0.2) is 231 Å². The second kappa shape index (κ2) is 14.2. The van der Waals surface area contributed by atoms with E-state index in [1.807, 2.05) is 0 Å². The number of benzene rings is 10. The van der Waals surface area contributed by atoms with E-state index in [1.54, 1.807) is 0 Å². The van der Waals surface area contributed by atoms with Crippen LogP contribution in [-0.4, -0.2) is 9.13 Å². The maximum Gasteiger partial charge on any atom is 0.0542 e. The zero-order valence-electron chi connectivity index (χ0n) is 37.2. The molecule has 316 valence electrons. The zero-order valence-corrected chi connectivity index (χ0v) is 37.2. The van der Waals surface area contributed by atoms with Gasteiger partial charge in [-0.3, -0.25) is 0 Å². The minimum absolute atomic E-state index is 0.179. The molecule has 0 saturated carbocycles. The van der Waals surface area contributed by atoms with Gasteiger partial charge in [0.25, 0.3) is 0 Å². The third-order valence-electron chi connectivity index (χ3n) is 14.6. The average molecular weight is 857 g/mol. The predicted octanol–water partition coefficient (Wildman–Crippen LogP) is 17.1. The van der Waals surface area contributed by atoms with Gasteiger partial charge in [0.05, 0.1) is 22.1 Å². The molecule has 0 fully saturated rings. The second-order valence-electron chi connectivity index (χ2n) is 18.6. The molecule has 8 bridgehead atoms. The molecule has 0 amide bonds. The topological polar surface area (TPSA) is 16.3 Å². The van der Waals surface area contributed by atoms with Crippen molar-refractivity contribution >= 4 is 77.7 Å². The normalized spacial score (nSPS) is 13.6. The standard InChI is InChI=1S/C63H44N4/c1-63(2)57-31-27-47-37-53(57)54-38-48(28-32-58(54)63)65(50-30-34-62-56(40-50)52-24-10-12-26-60(52)67(62)44-19-7-4-8-20-44)46-22-14-16-42(36-46)41-15-13-21-45(35-41)64(47)49-29-33-61-55(39-49)51-23-9-11-25-59(51)66(61)43-17-5-3-6-18-43/h3-40H,1-2H3. The molecule has 0 N–H and O–H groups in total. The molecule has 0 spiro atoms. The number of aromatic nitrogens is 2. The molecule has 0 atom stereocenters. The molecule has 12 aromatic rings. The summed E-state index contributed by atoms with van der Waals surface area (Å²) in [5.74, 6) is 0. The van der Waals surface area contributed by atoms with Crippen molar-refractivity contribution in [2.24, 2.45) is 0 Å². The number of fused-ring (bicyclic) bond motifs is 13. The van der Waals surface area contributed by atoms with Crippen molar-refractivity contribution in [3.05, 3.63) is 242 Å². The van der Waals surface area contributed by atoms with E-state index < -0.39 is 0 Å². The fourth-order valence-electron chi connectivity index (χ4n) is 11.5. The summed E-state index contributed by atoms with van der Waals surface area (Å²) in [6, 6.07) is 85.4. The smallest absolute Gasteiger partial charge is 0.0542 e. The van der Waals surface area contributed by atoms with Crippen LogP contribution in [0.3, 0.4) is 0 Å². The lowest BCUT2D eigenvalue weighted by Crippen LogP contribution is -2.16. The molecular formula is C63H44N4. The molecular weight excluding hydrogens is 813 g/mol. The maximum atomic E-state index is 2.45. The lowest BCUT2D eigenvalue weighted by atomic mass is 9.82. The van der Waals surface area contributed by atoms with Crippen LogP contribution in [0.4, 0.5) is 34.1 Å². The molecule has 2 aromatic heterocycles. The summed E-state index contributed by atoms with van der Waals surface area (Å²) in [6.07, 6.45) is 0. The van der Waals surface area contributed by atoms with Gasteiger partial charge in [0.15, 0.2) is 0 Å². The number of anilines is 6. The van der Waals surface area contributed by atoms with Gasteiger partial charge in [0, 0.05) is 72.5 Å². The highest BCUT2D eigenvalue weighted by Crippen LogP contribution is 2.53. The van der Waals surface area contributed by atoms with E-state index in [9.17, 15) is 0 Å². The zero-order chi connectivity index (χ0) is 44.4. The minimum atomic E-state index is -0.179. The first-order chi connectivity index (χ1) is 33.0. The second-order valence-corrected chi connectivity index (χ2v) is 18.6. The molecule has 67 heavy (non-hydrogen) atoms. The van der Waals surface area contributed by atoms with E-state index >= 15 is 0 Å². The molecule has 0 saturated heterocycles. The number of rotatable bonds is 4. The van der Waals surface area contributed by atoms with Crippen molar-refractivity contribution in [3.8, 4) is 33.6 Å². The Labute approximate surface area is 389 Å². The Balaban J connectivity index is 0.994. The molecule has 2 aliphatic rings. The minimum Gasteiger partial charge on any atom is -0.310 e. The number of nitrogens with zero attached hydrogens (tertiary/aromatic N) is 4. The van der Waals surface area contributed by atoms with Gasteiger partial charge < -0.3 is 18.9 Å². The van der Waals surface area contributed by atoms with Crippen molar-refractivity contribution in [3.63, 3.8) is 0 Å². The van der Waals surface area contributed by atoms with Gasteiger partial charge in [0.2, 0.25) is 0 Å². The molecule has 14 rings (SSSR count). The fraction of sp³-hybridized carbons (Fsp3) is 0.0476. The first kappa shape index (κ1) is 37.7. The molecule has 3 heterocycles. The highest BCUT2D eigenvalue weighted by Gasteiger charge is 2.37. The number of para-hydroxylation sites is 4. The van der Waals surface area contributed by atoms with E-state index in [2.05, 4.69) is 263 Å². The summed E-state index contributed by atoms with van der Waals surface area (Å²) in [5, 5.41) is 4.91. The SMILES string of the molecule is CC1(C)c2ccc3cc2-c2cc(ccc21)N(c1ccc2c(c1)c1ccccc1n2-c1ccccc1)c1cccc(c1)-c1cccc(c1)N3c1ccc2c(c1)c1ccccc1n2-c1ccccc1. The van der Waals surface area contributed by atoms with Crippen molar-refractivity contribution < 1.29 is 0 Å². The first-order valence-corrected chi connectivity index (χ1v) is 23.3. The summed E-state index contributed by atoms with van der Waals surface area (Å²) >= 11 is 0. The van der Waals surface area contributed by atoms with Crippen LogP contribution < -0.4 is 9.80 Å². The number of hydrogen-bond donors (Lipinski definition) is 0. The Morgan fingerprint density at radius 2 is 0.627 bits per heavy atom. The van der Waals surface area contributed by atoms with Crippen LogP contribution >= 0.6 is 0 Å². The van der Waals surface area contributed by atoms with Crippen LogP contribution in [0.2, 0.25) is 0 Å². The van der Waals surface area contributed by atoms with E-state index in [1.165, 1.54) is 65.9 Å². The van der Waals surface area contributed by atoms with E-state index in [4.69, 9.17) is 0 Å². The van der Waals surface area contributed by atoms with Crippen LogP contribution in [0.1, 0.15) is 25.0 Å². The van der Waals surface area contributed by atoms with Crippen LogP contribution in [0.5, 0.6) is 0 Å². The van der Waals surface area contributed by atoms with E-state index in [-0.39, 0.29) is 5.41 Å². The third-order valence-corrected chi connectivity index (χ3v) is 14.6. The van der Waals surface area contributed by atoms with Crippen molar-refractivity contribution in [1.82, 2.24) is 9.13 Å². The largest absolute Gasteiger partial charge is 0.310 e. The summed E-state index contributed by atoms with van der Waals surface area (Å²) < 4.78 is 4.78. The summed E-state index contributed by atoms with van der Waals surface area (Å²) in [7, 11) is 0. The Morgan fingerprint density at radius 1 is 0.269 bits per heavy atom. The van der Waals surface area contributed by atoms with Gasteiger partial charge in [-0.2, -0.15) is 0 Å². The Morgan fingerprint density at radius 3 is 1.09 bits per heavy atom. The lowest BCUT2D eigenvalue weighted by Gasteiger charge is -2.28. The Bertz CT molecular complexity index is 3710. The summed E-state index contributed by atoms with van der Waals surface area (Å²) in [4.78, 5) is 4.91. The highest BCUT2D eigenvalue weighted by molar-refractivity contribution is 6.12. The molecule has 1 aliphatic carbocycles. The van der Waals surface area contributed by atoms with Gasteiger partial charge in [-0.25, -0.2) is 0 Å². The van der Waals surface area contributed by atoms with Gasteiger partial charge in [-0.15, -0.1) is 0 Å². The highest BCUT2D eigenvalue weighted by atomic mass is 15.2.